The zero-order chi connectivity index (χ0) is 14.3. The Morgan fingerprint density at radius 3 is 2.53 bits per heavy atom. The Morgan fingerprint density at radius 2 is 2.00 bits per heavy atom. The smallest absolute Gasteiger partial charge is 0.405 e. The standard InChI is InChI=1S/C13H16F3NO2/c1-9-7-12(18,8-17(9)2)10-5-3-4-6-11(10)19-13(14,15)16/h3-6,9,18H,7-8H2,1-2H3. The Labute approximate surface area is 109 Å². The fourth-order valence-electron chi connectivity index (χ4n) is 2.54. The molecule has 1 aromatic carbocycles. The van der Waals surface area contributed by atoms with Crippen LogP contribution in [0.5, 0.6) is 5.75 Å². The number of rotatable bonds is 2. The average Bonchev–Trinajstić information content (AvgIpc) is 2.52. The second-order valence-corrected chi connectivity index (χ2v) is 5.04. The number of halogens is 3. The van der Waals surface area contributed by atoms with Crippen LogP contribution in [-0.4, -0.2) is 36.0 Å². The first-order chi connectivity index (χ1) is 8.71. The molecule has 106 valence electrons. The lowest BCUT2D eigenvalue weighted by molar-refractivity contribution is -0.275. The van der Waals surface area contributed by atoms with Crippen LogP contribution in [0.2, 0.25) is 0 Å². The lowest BCUT2D eigenvalue weighted by Crippen LogP contribution is -2.31. The summed E-state index contributed by atoms with van der Waals surface area (Å²) < 4.78 is 41.1. The summed E-state index contributed by atoms with van der Waals surface area (Å²) in [6.45, 7) is 2.21. The maximum absolute atomic E-state index is 12.4. The molecule has 2 atom stereocenters. The molecule has 1 fully saturated rings. The van der Waals surface area contributed by atoms with Gasteiger partial charge in [-0.15, -0.1) is 13.2 Å². The van der Waals surface area contributed by atoms with Gasteiger partial charge in [-0.05, 0) is 26.5 Å². The van der Waals surface area contributed by atoms with Crippen LogP contribution in [-0.2, 0) is 5.60 Å². The highest BCUT2D eigenvalue weighted by Crippen LogP contribution is 2.40. The Morgan fingerprint density at radius 1 is 1.37 bits per heavy atom. The van der Waals surface area contributed by atoms with E-state index in [-0.39, 0.29) is 23.9 Å². The fraction of sp³-hybridized carbons (Fsp3) is 0.538. The molecule has 0 aliphatic carbocycles. The van der Waals surface area contributed by atoms with Gasteiger partial charge in [-0.3, -0.25) is 0 Å². The van der Waals surface area contributed by atoms with E-state index in [4.69, 9.17) is 0 Å². The molecule has 1 saturated heterocycles. The molecule has 3 nitrogen and oxygen atoms in total. The number of nitrogens with zero attached hydrogens (tertiary/aromatic N) is 1. The fourth-order valence-corrected chi connectivity index (χ4v) is 2.54. The number of likely N-dealkylation sites (N-methyl/N-ethyl adjacent to an activating group) is 1. The predicted octanol–water partition coefficient (Wildman–Crippen LogP) is 2.50. The van der Waals surface area contributed by atoms with Gasteiger partial charge in [0.1, 0.15) is 11.4 Å². The van der Waals surface area contributed by atoms with Crippen LogP contribution in [0.25, 0.3) is 0 Å². The molecule has 0 saturated carbocycles. The molecule has 1 aliphatic heterocycles. The number of β-amino-alcohol motifs (C(OH)–C–C–N with tert-alkyl or cyclic N) is 1. The lowest BCUT2D eigenvalue weighted by Gasteiger charge is -2.25. The minimum Gasteiger partial charge on any atom is -0.405 e. The summed E-state index contributed by atoms with van der Waals surface area (Å²) in [6, 6.07) is 5.86. The summed E-state index contributed by atoms with van der Waals surface area (Å²) in [4.78, 5) is 1.91. The average molecular weight is 275 g/mol. The van der Waals surface area contributed by atoms with Crippen molar-refractivity contribution < 1.29 is 23.0 Å². The Bertz CT molecular complexity index is 451. The van der Waals surface area contributed by atoms with Crippen LogP contribution in [0, 0.1) is 0 Å². The maximum atomic E-state index is 12.4. The topological polar surface area (TPSA) is 32.7 Å². The van der Waals surface area contributed by atoms with E-state index in [2.05, 4.69) is 4.74 Å². The Hall–Kier alpha value is -1.27. The van der Waals surface area contributed by atoms with Gasteiger partial charge in [0.15, 0.2) is 0 Å². The first-order valence-electron chi connectivity index (χ1n) is 5.99. The lowest BCUT2D eigenvalue weighted by atomic mass is 9.90. The van der Waals surface area contributed by atoms with E-state index in [9.17, 15) is 18.3 Å². The van der Waals surface area contributed by atoms with Crippen LogP contribution in [0.1, 0.15) is 18.9 Å². The number of aliphatic hydroxyl groups is 1. The molecule has 2 rings (SSSR count). The van der Waals surface area contributed by atoms with Gasteiger partial charge in [-0.2, -0.15) is 0 Å². The number of para-hydroxylation sites is 1. The van der Waals surface area contributed by atoms with Gasteiger partial charge in [0, 0.05) is 18.2 Å². The van der Waals surface area contributed by atoms with Crippen molar-refractivity contribution in [3.63, 3.8) is 0 Å². The van der Waals surface area contributed by atoms with E-state index in [0.29, 0.717) is 6.42 Å². The van der Waals surface area contributed by atoms with E-state index in [1.807, 2.05) is 18.9 Å². The molecular weight excluding hydrogens is 259 g/mol. The third-order valence-corrected chi connectivity index (χ3v) is 3.51. The van der Waals surface area contributed by atoms with E-state index in [1.54, 1.807) is 6.07 Å². The van der Waals surface area contributed by atoms with Crippen molar-refractivity contribution >= 4 is 0 Å². The van der Waals surface area contributed by atoms with Gasteiger partial charge in [0.25, 0.3) is 0 Å². The molecule has 0 bridgehead atoms. The maximum Gasteiger partial charge on any atom is 0.573 e. The molecular formula is C13H16F3NO2. The molecule has 0 amide bonds. The zero-order valence-electron chi connectivity index (χ0n) is 10.7. The highest BCUT2D eigenvalue weighted by Gasteiger charge is 2.43. The molecule has 0 spiro atoms. The summed E-state index contributed by atoms with van der Waals surface area (Å²) in [5.74, 6) is -0.333. The van der Waals surface area contributed by atoms with E-state index in [1.165, 1.54) is 18.2 Å². The largest absolute Gasteiger partial charge is 0.573 e. The third-order valence-electron chi connectivity index (χ3n) is 3.51. The quantitative estimate of drug-likeness (QED) is 0.900. The minimum atomic E-state index is -4.76. The van der Waals surface area contributed by atoms with Crippen LogP contribution >= 0.6 is 0 Å². The SMILES string of the molecule is CC1CC(O)(c2ccccc2OC(F)(F)F)CN1C. The van der Waals surface area contributed by atoms with E-state index >= 15 is 0 Å². The number of benzene rings is 1. The van der Waals surface area contributed by atoms with Crippen molar-refractivity contribution in [2.45, 2.75) is 31.3 Å². The molecule has 0 radical (unpaired) electrons. The molecule has 2 unspecified atom stereocenters. The Kier molecular flexibility index (Phi) is 3.49. The molecule has 1 heterocycles. The van der Waals surface area contributed by atoms with Gasteiger partial charge in [0.2, 0.25) is 0 Å². The molecule has 6 heteroatoms. The Balaban J connectivity index is 2.35. The summed E-state index contributed by atoms with van der Waals surface area (Å²) >= 11 is 0. The van der Waals surface area contributed by atoms with Crippen molar-refractivity contribution in [2.24, 2.45) is 0 Å². The normalized spacial score (nSPS) is 28.6. The first kappa shape index (κ1) is 14.1. The van der Waals surface area contributed by atoms with Crippen LogP contribution in [0.15, 0.2) is 24.3 Å². The highest BCUT2D eigenvalue weighted by atomic mass is 19.4. The zero-order valence-corrected chi connectivity index (χ0v) is 10.7. The molecule has 0 aromatic heterocycles. The summed E-state index contributed by atoms with van der Waals surface area (Å²) in [6.07, 6.45) is -4.38. The first-order valence-corrected chi connectivity index (χ1v) is 5.99. The van der Waals surface area contributed by atoms with Gasteiger partial charge < -0.3 is 14.7 Å². The van der Waals surface area contributed by atoms with Crippen molar-refractivity contribution in [3.8, 4) is 5.75 Å². The summed E-state index contributed by atoms with van der Waals surface area (Å²) in [5, 5.41) is 10.6. The van der Waals surface area contributed by atoms with Crippen molar-refractivity contribution in [1.82, 2.24) is 4.90 Å². The van der Waals surface area contributed by atoms with Gasteiger partial charge in [-0.25, -0.2) is 0 Å². The van der Waals surface area contributed by atoms with Crippen LogP contribution < -0.4 is 4.74 Å². The number of hydrogen-bond acceptors (Lipinski definition) is 3. The van der Waals surface area contributed by atoms with Crippen LogP contribution in [0.3, 0.4) is 0 Å². The summed E-state index contributed by atoms with van der Waals surface area (Å²) in [7, 11) is 1.83. The number of hydrogen-bond donors (Lipinski definition) is 1. The number of likely N-dealkylation sites (tertiary alicyclic amines) is 1. The van der Waals surface area contributed by atoms with Crippen LogP contribution in [0.4, 0.5) is 13.2 Å². The summed E-state index contributed by atoms with van der Waals surface area (Å²) in [5.41, 5.74) is -1.13. The predicted molar refractivity (Wildman–Crippen MR) is 63.7 cm³/mol. The molecule has 19 heavy (non-hydrogen) atoms. The second kappa shape index (κ2) is 4.68. The molecule has 1 N–H and O–H groups in total. The van der Waals surface area contributed by atoms with E-state index < -0.39 is 12.0 Å². The second-order valence-electron chi connectivity index (χ2n) is 5.04. The van der Waals surface area contributed by atoms with Gasteiger partial charge in [0.05, 0.1) is 0 Å². The minimum absolute atomic E-state index is 0.101. The van der Waals surface area contributed by atoms with Gasteiger partial charge in [-0.1, -0.05) is 18.2 Å². The third kappa shape index (κ3) is 3.01. The van der Waals surface area contributed by atoms with Gasteiger partial charge >= 0.3 is 6.36 Å². The van der Waals surface area contributed by atoms with Crippen molar-refractivity contribution in [2.75, 3.05) is 13.6 Å². The molecule has 1 aromatic rings. The van der Waals surface area contributed by atoms with Crippen molar-refractivity contribution in [1.29, 1.82) is 0 Å². The van der Waals surface area contributed by atoms with Crippen molar-refractivity contribution in [3.05, 3.63) is 29.8 Å². The monoisotopic (exact) mass is 275 g/mol. The number of ether oxygens (including phenoxy) is 1. The van der Waals surface area contributed by atoms with E-state index in [0.717, 1.165) is 0 Å². The molecule has 1 aliphatic rings. The highest BCUT2D eigenvalue weighted by molar-refractivity contribution is 5.39. The number of alkyl halides is 3.